The molecule has 0 aliphatic carbocycles. The fourth-order valence-electron chi connectivity index (χ4n) is 2.82. The fourth-order valence-corrected chi connectivity index (χ4v) is 3.72. The summed E-state index contributed by atoms with van der Waals surface area (Å²) in [4.78, 5) is 21.4. The van der Waals surface area contributed by atoms with Gasteiger partial charge in [-0.15, -0.1) is 0 Å². The summed E-state index contributed by atoms with van der Waals surface area (Å²) in [7, 11) is 1.93. The van der Waals surface area contributed by atoms with Crippen molar-refractivity contribution in [1.82, 2.24) is 0 Å². The van der Waals surface area contributed by atoms with Crippen molar-refractivity contribution < 1.29 is 4.79 Å². The van der Waals surface area contributed by atoms with Gasteiger partial charge < -0.3 is 9.80 Å². The Morgan fingerprint density at radius 3 is 2.23 bits per heavy atom. The van der Waals surface area contributed by atoms with E-state index in [4.69, 9.17) is 0 Å². The highest BCUT2D eigenvalue weighted by molar-refractivity contribution is 8.18. The van der Waals surface area contributed by atoms with Gasteiger partial charge in [0.15, 0.2) is 5.17 Å². The van der Waals surface area contributed by atoms with Gasteiger partial charge in [0.05, 0.1) is 4.91 Å². The van der Waals surface area contributed by atoms with Crippen LogP contribution in [-0.2, 0) is 4.79 Å². The van der Waals surface area contributed by atoms with Crippen LogP contribution in [0.1, 0.15) is 19.4 Å². The van der Waals surface area contributed by atoms with Crippen LogP contribution in [0.25, 0.3) is 6.08 Å². The maximum atomic E-state index is 12.3. The molecule has 0 atom stereocenters. The number of amides is 1. The van der Waals surface area contributed by atoms with E-state index in [1.165, 1.54) is 17.4 Å². The molecule has 2 aromatic rings. The van der Waals surface area contributed by atoms with Crippen molar-refractivity contribution in [3.8, 4) is 0 Å². The average molecular weight is 366 g/mol. The van der Waals surface area contributed by atoms with Gasteiger partial charge in [-0.05, 0) is 61.5 Å². The zero-order chi connectivity index (χ0) is 18.5. The van der Waals surface area contributed by atoms with E-state index in [1.54, 1.807) is 0 Å². The van der Waals surface area contributed by atoms with Gasteiger partial charge in [-0.2, -0.15) is 4.99 Å². The van der Waals surface area contributed by atoms with Crippen LogP contribution in [0, 0.1) is 0 Å². The molecular formula is C21H23N3OS. The summed E-state index contributed by atoms with van der Waals surface area (Å²) in [5.74, 6) is -0.180. The van der Waals surface area contributed by atoms with E-state index in [9.17, 15) is 4.79 Å². The Morgan fingerprint density at radius 2 is 1.62 bits per heavy atom. The number of amidine groups is 1. The van der Waals surface area contributed by atoms with Crippen molar-refractivity contribution in [2.24, 2.45) is 4.99 Å². The molecule has 2 aromatic carbocycles. The predicted octanol–water partition coefficient (Wildman–Crippen LogP) is 4.64. The Labute approximate surface area is 159 Å². The van der Waals surface area contributed by atoms with Gasteiger partial charge in [0.1, 0.15) is 0 Å². The number of carbonyl (C=O) groups excluding carboxylic acids is 1. The van der Waals surface area contributed by atoms with E-state index in [0.717, 1.165) is 24.3 Å². The molecule has 5 heteroatoms. The molecule has 0 aromatic heterocycles. The van der Waals surface area contributed by atoms with Crippen molar-refractivity contribution >= 4 is 40.3 Å². The number of nitrogens with zero attached hydrogens (tertiary/aromatic N) is 3. The standard InChI is InChI=1S/C21H23N3OS/c1-4-24(5-2)18-13-11-16(12-14-18)15-19-20(25)22-21(26-19)23(3)17-9-7-6-8-10-17/h6-15H,4-5H2,1-3H3/b19-15+. The molecule has 4 nitrogen and oxygen atoms in total. The molecule has 0 unspecified atom stereocenters. The number of para-hydroxylation sites is 1. The Hall–Kier alpha value is -2.53. The van der Waals surface area contributed by atoms with Crippen LogP contribution >= 0.6 is 11.8 Å². The lowest BCUT2D eigenvalue weighted by molar-refractivity contribution is -0.113. The van der Waals surface area contributed by atoms with Crippen LogP contribution in [0.15, 0.2) is 64.5 Å². The molecule has 0 saturated heterocycles. The van der Waals surface area contributed by atoms with E-state index in [2.05, 4.69) is 35.9 Å². The first kappa shape index (κ1) is 18.3. The number of hydrogen-bond acceptors (Lipinski definition) is 4. The number of carbonyl (C=O) groups is 1. The van der Waals surface area contributed by atoms with Crippen LogP contribution < -0.4 is 9.80 Å². The number of thioether (sulfide) groups is 1. The van der Waals surface area contributed by atoms with Crippen LogP contribution in [0.4, 0.5) is 11.4 Å². The van der Waals surface area contributed by atoms with E-state index >= 15 is 0 Å². The van der Waals surface area contributed by atoms with Crippen LogP contribution in [0.3, 0.4) is 0 Å². The van der Waals surface area contributed by atoms with Crippen molar-refractivity contribution in [2.75, 3.05) is 29.9 Å². The smallest absolute Gasteiger partial charge is 0.286 e. The molecule has 1 heterocycles. The number of rotatable bonds is 5. The maximum absolute atomic E-state index is 12.3. The minimum absolute atomic E-state index is 0.180. The second-order valence-corrected chi connectivity index (χ2v) is 6.98. The van der Waals surface area contributed by atoms with E-state index in [1.807, 2.05) is 60.5 Å². The van der Waals surface area contributed by atoms with Crippen LogP contribution in [0.5, 0.6) is 0 Å². The lowest BCUT2D eigenvalue weighted by atomic mass is 10.2. The van der Waals surface area contributed by atoms with Gasteiger partial charge in [-0.3, -0.25) is 4.79 Å². The first-order valence-corrected chi connectivity index (χ1v) is 9.60. The molecule has 0 fully saturated rings. The zero-order valence-electron chi connectivity index (χ0n) is 15.3. The summed E-state index contributed by atoms with van der Waals surface area (Å²) in [6.45, 7) is 6.26. The Kier molecular flexibility index (Phi) is 5.78. The lowest BCUT2D eigenvalue weighted by Gasteiger charge is -2.20. The van der Waals surface area contributed by atoms with Gasteiger partial charge in [0.25, 0.3) is 5.91 Å². The highest BCUT2D eigenvalue weighted by Gasteiger charge is 2.25. The molecule has 0 radical (unpaired) electrons. The van der Waals surface area contributed by atoms with Crippen molar-refractivity contribution in [3.63, 3.8) is 0 Å². The predicted molar refractivity (Wildman–Crippen MR) is 113 cm³/mol. The number of hydrogen-bond donors (Lipinski definition) is 0. The van der Waals surface area contributed by atoms with E-state index < -0.39 is 0 Å². The summed E-state index contributed by atoms with van der Waals surface area (Å²) in [5, 5.41) is 0.701. The first-order valence-electron chi connectivity index (χ1n) is 8.78. The van der Waals surface area contributed by atoms with Crippen LogP contribution in [0.2, 0.25) is 0 Å². The summed E-state index contributed by atoms with van der Waals surface area (Å²) >= 11 is 1.41. The minimum Gasteiger partial charge on any atom is -0.372 e. The van der Waals surface area contributed by atoms with Crippen LogP contribution in [-0.4, -0.2) is 31.2 Å². The molecule has 0 saturated carbocycles. The molecule has 0 bridgehead atoms. The largest absolute Gasteiger partial charge is 0.372 e. The Bertz CT molecular complexity index is 824. The summed E-state index contributed by atoms with van der Waals surface area (Å²) in [6.07, 6.45) is 1.91. The normalized spacial score (nSPS) is 15.3. The number of anilines is 2. The maximum Gasteiger partial charge on any atom is 0.286 e. The van der Waals surface area contributed by atoms with Crippen molar-refractivity contribution in [3.05, 3.63) is 65.1 Å². The fraction of sp³-hybridized carbons (Fsp3) is 0.238. The summed E-state index contributed by atoms with van der Waals surface area (Å²) in [6, 6.07) is 18.2. The average Bonchev–Trinajstić information content (AvgIpc) is 3.04. The topological polar surface area (TPSA) is 35.9 Å². The molecule has 0 N–H and O–H groups in total. The second kappa shape index (κ2) is 8.23. The number of benzene rings is 2. The second-order valence-electron chi connectivity index (χ2n) is 5.97. The number of aliphatic imine (C=N–C) groups is 1. The van der Waals surface area contributed by atoms with Gasteiger partial charge in [-0.1, -0.05) is 30.3 Å². The summed E-state index contributed by atoms with van der Waals surface area (Å²) < 4.78 is 0. The van der Waals surface area contributed by atoms with Crippen molar-refractivity contribution in [1.29, 1.82) is 0 Å². The molecule has 3 rings (SSSR count). The molecule has 0 spiro atoms. The highest BCUT2D eigenvalue weighted by Crippen LogP contribution is 2.32. The lowest BCUT2D eigenvalue weighted by Crippen LogP contribution is -2.21. The van der Waals surface area contributed by atoms with Crippen molar-refractivity contribution in [2.45, 2.75) is 13.8 Å². The van der Waals surface area contributed by atoms with E-state index in [-0.39, 0.29) is 5.91 Å². The van der Waals surface area contributed by atoms with Gasteiger partial charge in [0, 0.05) is 31.5 Å². The summed E-state index contributed by atoms with van der Waals surface area (Å²) in [5.41, 5.74) is 3.22. The van der Waals surface area contributed by atoms with Gasteiger partial charge >= 0.3 is 0 Å². The minimum atomic E-state index is -0.180. The van der Waals surface area contributed by atoms with E-state index in [0.29, 0.717) is 10.1 Å². The third-order valence-corrected chi connectivity index (χ3v) is 5.42. The molecule has 1 aliphatic rings. The molecule has 1 amide bonds. The monoisotopic (exact) mass is 365 g/mol. The third-order valence-electron chi connectivity index (χ3n) is 4.36. The molecule has 26 heavy (non-hydrogen) atoms. The first-order chi connectivity index (χ1) is 12.6. The third kappa shape index (κ3) is 3.99. The highest BCUT2D eigenvalue weighted by atomic mass is 32.2. The quantitative estimate of drug-likeness (QED) is 0.723. The molecule has 134 valence electrons. The molecular weight excluding hydrogens is 342 g/mol. The SMILES string of the molecule is CCN(CC)c1ccc(/C=C2/SC(N(C)c3ccccc3)=NC2=O)cc1. The molecule has 1 aliphatic heterocycles. The Balaban J connectivity index is 1.74. The zero-order valence-corrected chi connectivity index (χ0v) is 16.2. The Morgan fingerprint density at radius 1 is 0.962 bits per heavy atom. The van der Waals surface area contributed by atoms with Gasteiger partial charge in [-0.25, -0.2) is 0 Å². The van der Waals surface area contributed by atoms with Gasteiger partial charge in [0.2, 0.25) is 0 Å².